The van der Waals surface area contributed by atoms with Crippen molar-refractivity contribution in [3.05, 3.63) is 35.0 Å². The van der Waals surface area contributed by atoms with Crippen LogP contribution in [0.4, 0.5) is 5.69 Å². The van der Waals surface area contributed by atoms with Gasteiger partial charge in [0.2, 0.25) is 9.84 Å². The van der Waals surface area contributed by atoms with Gasteiger partial charge in [0.25, 0.3) is 0 Å². The fourth-order valence-electron chi connectivity index (χ4n) is 2.86. The lowest BCUT2D eigenvalue weighted by molar-refractivity contribution is 0.0526. The maximum atomic E-state index is 13.0. The van der Waals surface area contributed by atoms with Gasteiger partial charge in [0, 0.05) is 25.3 Å². The number of rotatable bonds is 6. The molecule has 27 heavy (non-hydrogen) atoms. The number of thiazole rings is 1. The average Bonchev–Trinajstić information content (AvgIpc) is 3.33. The number of sulfone groups is 1. The summed E-state index contributed by atoms with van der Waals surface area (Å²) in [6.45, 7) is 3.80. The van der Waals surface area contributed by atoms with Crippen molar-refractivity contribution < 1.29 is 17.9 Å². The zero-order valence-electron chi connectivity index (χ0n) is 14.9. The molecule has 10 heteroatoms. The molecule has 1 fully saturated rings. The molecule has 0 saturated carbocycles. The molecule has 2 aromatic rings. The van der Waals surface area contributed by atoms with Crippen LogP contribution >= 0.6 is 23.7 Å². The summed E-state index contributed by atoms with van der Waals surface area (Å²) in [5.41, 5.74) is 6.49. The molecule has 0 radical (unpaired) electrons. The monoisotopic (exact) mass is 431 g/mol. The molecule has 0 unspecified atom stereocenters. The van der Waals surface area contributed by atoms with Gasteiger partial charge in [-0.3, -0.25) is 0 Å². The predicted molar refractivity (Wildman–Crippen MR) is 107 cm³/mol. The van der Waals surface area contributed by atoms with Crippen LogP contribution in [-0.4, -0.2) is 39.1 Å². The number of carbonyl (C=O) groups is 1. The second kappa shape index (κ2) is 9.01. The fraction of sp³-hybridized carbons (Fsp3) is 0.412. The summed E-state index contributed by atoms with van der Waals surface area (Å²) >= 11 is 1.04. The van der Waals surface area contributed by atoms with E-state index in [-0.39, 0.29) is 40.2 Å². The van der Waals surface area contributed by atoms with Crippen LogP contribution in [0.15, 0.2) is 33.5 Å². The highest BCUT2D eigenvalue weighted by Crippen LogP contribution is 2.31. The number of halogens is 1. The van der Waals surface area contributed by atoms with Crippen molar-refractivity contribution in [3.63, 3.8) is 0 Å². The molecule has 2 heterocycles. The molecule has 1 aromatic carbocycles. The summed E-state index contributed by atoms with van der Waals surface area (Å²) in [6.07, 6.45) is 3.40. The van der Waals surface area contributed by atoms with Gasteiger partial charge in [-0.05, 0) is 38.0 Å². The van der Waals surface area contributed by atoms with Gasteiger partial charge in [0.1, 0.15) is 9.22 Å². The van der Waals surface area contributed by atoms with E-state index in [1.807, 2.05) is 0 Å². The largest absolute Gasteiger partial charge is 0.462 e. The van der Waals surface area contributed by atoms with Gasteiger partial charge in [-0.25, -0.2) is 18.2 Å². The predicted octanol–water partition coefficient (Wildman–Crippen LogP) is 2.63. The minimum Gasteiger partial charge on any atom is -0.462 e. The van der Waals surface area contributed by atoms with Crippen molar-refractivity contribution in [1.82, 2.24) is 4.98 Å². The summed E-state index contributed by atoms with van der Waals surface area (Å²) in [7, 11) is -3.79. The number of benzene rings is 1. The van der Waals surface area contributed by atoms with E-state index in [1.165, 1.54) is 12.3 Å². The van der Waals surface area contributed by atoms with Crippen LogP contribution in [0, 0.1) is 0 Å². The average molecular weight is 432 g/mol. The van der Waals surface area contributed by atoms with Crippen LogP contribution in [0.25, 0.3) is 0 Å². The molecule has 1 aliphatic heterocycles. The molecule has 1 aliphatic rings. The molecule has 0 bridgehead atoms. The maximum absolute atomic E-state index is 13.0. The third-order valence-electron chi connectivity index (χ3n) is 4.16. The SMILES string of the molecule is CCOC(=O)c1cc(N2CCCC2)cc(S(=O)(=O)c2cnc(CN)s2)c1.Cl. The number of nitrogens with two attached hydrogens (primary N) is 1. The first-order valence-electron chi connectivity index (χ1n) is 8.42. The van der Waals surface area contributed by atoms with E-state index in [1.54, 1.807) is 19.1 Å². The van der Waals surface area contributed by atoms with E-state index < -0.39 is 15.8 Å². The fourth-order valence-corrected chi connectivity index (χ4v) is 5.38. The Bertz CT molecular complexity index is 909. The molecule has 0 spiro atoms. The number of hydrogen-bond donors (Lipinski definition) is 1. The highest BCUT2D eigenvalue weighted by Gasteiger charge is 2.25. The van der Waals surface area contributed by atoms with E-state index in [0.29, 0.717) is 5.01 Å². The molecule has 2 N–H and O–H groups in total. The second-order valence-corrected chi connectivity index (χ2v) is 9.20. The quantitative estimate of drug-likeness (QED) is 0.701. The lowest BCUT2D eigenvalue weighted by Gasteiger charge is -2.19. The van der Waals surface area contributed by atoms with Gasteiger partial charge >= 0.3 is 5.97 Å². The minimum atomic E-state index is -3.79. The molecule has 3 rings (SSSR count). The Hall–Kier alpha value is -1.68. The zero-order chi connectivity index (χ0) is 18.7. The number of anilines is 1. The summed E-state index contributed by atoms with van der Waals surface area (Å²) < 4.78 is 31.2. The van der Waals surface area contributed by atoms with Gasteiger partial charge < -0.3 is 15.4 Å². The van der Waals surface area contributed by atoms with Crippen molar-refractivity contribution in [3.8, 4) is 0 Å². The normalized spacial score (nSPS) is 14.1. The van der Waals surface area contributed by atoms with E-state index >= 15 is 0 Å². The van der Waals surface area contributed by atoms with Crippen molar-refractivity contribution in [1.29, 1.82) is 0 Å². The van der Waals surface area contributed by atoms with Crippen LogP contribution in [0.1, 0.15) is 35.1 Å². The van der Waals surface area contributed by atoms with Crippen LogP contribution in [0.3, 0.4) is 0 Å². The number of carbonyl (C=O) groups excluding carboxylic acids is 1. The highest BCUT2D eigenvalue weighted by atomic mass is 35.5. The van der Waals surface area contributed by atoms with E-state index in [4.69, 9.17) is 10.5 Å². The zero-order valence-corrected chi connectivity index (χ0v) is 17.3. The van der Waals surface area contributed by atoms with Crippen LogP contribution in [-0.2, 0) is 21.1 Å². The topological polar surface area (TPSA) is 103 Å². The Labute approximate surface area is 168 Å². The Balaban J connectivity index is 0.00000261. The Morgan fingerprint density at radius 1 is 1.30 bits per heavy atom. The Morgan fingerprint density at radius 3 is 2.59 bits per heavy atom. The molecule has 7 nitrogen and oxygen atoms in total. The molecular formula is C17H22ClN3O4S2. The molecule has 0 aliphatic carbocycles. The van der Waals surface area contributed by atoms with Gasteiger partial charge in [-0.2, -0.15) is 0 Å². The molecule has 0 amide bonds. The number of ether oxygens (including phenoxy) is 1. The second-order valence-electron chi connectivity index (χ2n) is 5.91. The molecule has 148 valence electrons. The lowest BCUT2D eigenvalue weighted by Crippen LogP contribution is -2.19. The third-order valence-corrected chi connectivity index (χ3v) is 7.37. The van der Waals surface area contributed by atoms with Crippen LogP contribution in [0.2, 0.25) is 0 Å². The van der Waals surface area contributed by atoms with E-state index in [2.05, 4.69) is 9.88 Å². The summed E-state index contributed by atoms with van der Waals surface area (Å²) in [6, 6.07) is 4.68. The van der Waals surface area contributed by atoms with E-state index in [9.17, 15) is 13.2 Å². The van der Waals surface area contributed by atoms with Crippen molar-refractivity contribution >= 4 is 45.2 Å². The Kier molecular flexibility index (Phi) is 7.21. The number of esters is 1. The smallest absolute Gasteiger partial charge is 0.338 e. The standard InChI is InChI=1S/C17H21N3O4S2.ClH/c1-2-24-17(21)12-7-13(20-5-3-4-6-20)9-14(8-12)26(22,23)16-11-19-15(10-18)25-16;/h7-9,11H,2-6,10,18H2,1H3;1H. The number of nitrogens with zero attached hydrogens (tertiary/aromatic N) is 2. The van der Waals surface area contributed by atoms with Crippen LogP contribution < -0.4 is 10.6 Å². The van der Waals surface area contributed by atoms with Crippen molar-refractivity contribution in [2.45, 2.75) is 35.4 Å². The number of aromatic nitrogens is 1. The Morgan fingerprint density at radius 2 is 2.00 bits per heavy atom. The first kappa shape index (κ1) is 21.6. The van der Waals surface area contributed by atoms with Gasteiger partial charge in [0.15, 0.2) is 0 Å². The number of hydrogen-bond acceptors (Lipinski definition) is 8. The summed E-state index contributed by atoms with van der Waals surface area (Å²) in [5.74, 6) is -0.531. The van der Waals surface area contributed by atoms with E-state index in [0.717, 1.165) is 43.0 Å². The van der Waals surface area contributed by atoms with Crippen LogP contribution in [0.5, 0.6) is 0 Å². The first-order chi connectivity index (χ1) is 12.5. The summed E-state index contributed by atoms with van der Waals surface area (Å²) in [4.78, 5) is 18.4. The maximum Gasteiger partial charge on any atom is 0.338 e. The molecule has 1 saturated heterocycles. The molecule has 0 atom stereocenters. The van der Waals surface area contributed by atoms with Gasteiger partial charge in [0.05, 0.1) is 23.3 Å². The molecule has 1 aromatic heterocycles. The summed E-state index contributed by atoms with van der Waals surface area (Å²) in [5, 5.41) is 0.546. The van der Waals surface area contributed by atoms with Crippen molar-refractivity contribution in [2.24, 2.45) is 5.73 Å². The van der Waals surface area contributed by atoms with Gasteiger partial charge in [-0.15, -0.1) is 23.7 Å². The van der Waals surface area contributed by atoms with Gasteiger partial charge in [-0.1, -0.05) is 0 Å². The minimum absolute atomic E-state index is 0. The first-order valence-corrected chi connectivity index (χ1v) is 10.7. The molecular weight excluding hydrogens is 410 g/mol. The third kappa shape index (κ3) is 4.60. The van der Waals surface area contributed by atoms with Crippen molar-refractivity contribution in [2.75, 3.05) is 24.6 Å². The highest BCUT2D eigenvalue weighted by molar-refractivity contribution is 7.93. The lowest BCUT2D eigenvalue weighted by atomic mass is 10.2.